The summed E-state index contributed by atoms with van der Waals surface area (Å²) >= 11 is 0. The smallest absolute Gasteiger partial charge is 0.324 e. The van der Waals surface area contributed by atoms with E-state index in [2.05, 4.69) is 24.3 Å². The number of benzene rings is 2. The fraction of sp³-hybridized carbons (Fsp3) is 0.480. The summed E-state index contributed by atoms with van der Waals surface area (Å²) in [5, 5.41) is 0. The molecule has 0 radical (unpaired) electrons. The molecule has 0 amide bonds. The van der Waals surface area contributed by atoms with Gasteiger partial charge in [-0.15, -0.1) is 0 Å². The molecule has 1 aliphatic rings. The molecule has 174 valence electrons. The largest absolute Gasteiger partial charge is 0.461 e. The zero-order chi connectivity index (χ0) is 22.8. The summed E-state index contributed by atoms with van der Waals surface area (Å²) < 4.78 is 30.8. The summed E-state index contributed by atoms with van der Waals surface area (Å²) in [5.41, 5.74) is 2.52. The summed E-state index contributed by atoms with van der Waals surface area (Å²) in [6.45, 7) is 0.262. The Morgan fingerprint density at radius 1 is 0.938 bits per heavy atom. The van der Waals surface area contributed by atoms with Gasteiger partial charge in [0.15, 0.2) is 0 Å². The first-order chi connectivity index (χ1) is 15.4. The standard InChI is InChI=1S/C25H32ClNO4S/c26-32(29,30)27-20-8-7-19-24(27)25(28)31-23(17-9-15-21-11-3-1-4-12-21)18-10-16-22-13-5-2-6-14-22/h1-6,11-14,23-24H,7-10,15-20H2/t24-/m0/s1. The van der Waals surface area contributed by atoms with E-state index in [0.717, 1.165) is 49.3 Å². The quantitative estimate of drug-likeness (QED) is 0.326. The van der Waals surface area contributed by atoms with Crippen molar-refractivity contribution in [2.75, 3.05) is 6.54 Å². The van der Waals surface area contributed by atoms with Crippen molar-refractivity contribution in [3.8, 4) is 0 Å². The van der Waals surface area contributed by atoms with Crippen LogP contribution in [0.3, 0.4) is 0 Å². The van der Waals surface area contributed by atoms with E-state index in [1.165, 1.54) is 11.1 Å². The maximum atomic E-state index is 12.9. The fourth-order valence-electron chi connectivity index (χ4n) is 4.26. The third-order valence-electron chi connectivity index (χ3n) is 5.96. The number of hydrogen-bond donors (Lipinski definition) is 0. The number of carbonyl (C=O) groups is 1. The van der Waals surface area contributed by atoms with Gasteiger partial charge in [-0.05, 0) is 68.9 Å². The molecular formula is C25H32ClNO4S. The lowest BCUT2D eigenvalue weighted by Gasteiger charge is -2.32. The Morgan fingerprint density at radius 2 is 1.47 bits per heavy atom. The van der Waals surface area contributed by atoms with Crippen LogP contribution in [-0.4, -0.2) is 37.4 Å². The highest BCUT2D eigenvalue weighted by molar-refractivity contribution is 8.11. The van der Waals surface area contributed by atoms with Crippen LogP contribution in [0, 0.1) is 0 Å². The lowest BCUT2D eigenvalue weighted by molar-refractivity contribution is -0.155. The second-order valence-electron chi connectivity index (χ2n) is 8.38. The van der Waals surface area contributed by atoms with Gasteiger partial charge >= 0.3 is 15.2 Å². The van der Waals surface area contributed by atoms with Crippen LogP contribution < -0.4 is 0 Å². The van der Waals surface area contributed by atoms with E-state index in [0.29, 0.717) is 12.8 Å². The summed E-state index contributed by atoms with van der Waals surface area (Å²) in [4.78, 5) is 12.9. The van der Waals surface area contributed by atoms with Gasteiger partial charge < -0.3 is 4.74 Å². The number of hydrogen-bond acceptors (Lipinski definition) is 4. The first-order valence-corrected chi connectivity index (χ1v) is 13.7. The average Bonchev–Trinajstić information content (AvgIpc) is 2.80. The highest BCUT2D eigenvalue weighted by Crippen LogP contribution is 2.25. The minimum absolute atomic E-state index is 0.239. The average molecular weight is 478 g/mol. The number of aryl methyl sites for hydroxylation is 2. The van der Waals surface area contributed by atoms with E-state index >= 15 is 0 Å². The molecule has 0 N–H and O–H groups in total. The van der Waals surface area contributed by atoms with Gasteiger partial charge in [-0.1, -0.05) is 60.7 Å². The molecule has 2 aromatic carbocycles. The maximum absolute atomic E-state index is 12.9. The van der Waals surface area contributed by atoms with Gasteiger partial charge in [-0.25, -0.2) is 0 Å². The van der Waals surface area contributed by atoms with Gasteiger partial charge in [0.1, 0.15) is 12.1 Å². The Bertz CT molecular complexity index is 891. The fourth-order valence-corrected chi connectivity index (χ4v) is 5.60. The third-order valence-corrected chi connectivity index (χ3v) is 7.49. The van der Waals surface area contributed by atoms with E-state index in [-0.39, 0.29) is 12.6 Å². The second-order valence-corrected chi connectivity index (χ2v) is 10.8. The van der Waals surface area contributed by atoms with Crippen molar-refractivity contribution in [2.45, 2.75) is 69.9 Å². The molecule has 7 heteroatoms. The van der Waals surface area contributed by atoms with Gasteiger partial charge in [0.2, 0.25) is 0 Å². The van der Waals surface area contributed by atoms with E-state index in [1.807, 2.05) is 36.4 Å². The van der Waals surface area contributed by atoms with E-state index < -0.39 is 21.2 Å². The molecule has 0 saturated carbocycles. The Kier molecular flexibility index (Phi) is 9.57. The molecule has 0 bridgehead atoms. The normalized spacial score (nSPS) is 17.4. The molecule has 1 fully saturated rings. The van der Waals surface area contributed by atoms with Gasteiger partial charge in [-0.3, -0.25) is 4.79 Å². The molecule has 0 spiro atoms. The van der Waals surface area contributed by atoms with Gasteiger partial charge in [-0.2, -0.15) is 12.7 Å². The van der Waals surface area contributed by atoms with Crippen molar-refractivity contribution in [3.63, 3.8) is 0 Å². The Labute approximate surface area is 196 Å². The number of piperidine rings is 1. The first-order valence-electron chi connectivity index (χ1n) is 11.4. The van der Waals surface area contributed by atoms with Crippen LogP contribution in [-0.2, 0) is 31.6 Å². The van der Waals surface area contributed by atoms with Crippen LogP contribution in [0.25, 0.3) is 0 Å². The molecule has 1 aliphatic heterocycles. The van der Waals surface area contributed by atoms with Crippen LogP contribution in [0.2, 0.25) is 0 Å². The molecule has 2 aromatic rings. The Morgan fingerprint density at radius 3 is 1.97 bits per heavy atom. The summed E-state index contributed by atoms with van der Waals surface area (Å²) in [6, 6.07) is 19.7. The molecule has 1 atom stereocenters. The summed E-state index contributed by atoms with van der Waals surface area (Å²) in [6.07, 6.45) is 6.82. The van der Waals surface area contributed by atoms with Crippen LogP contribution in [0.5, 0.6) is 0 Å². The molecule has 1 saturated heterocycles. The predicted molar refractivity (Wildman–Crippen MR) is 128 cm³/mol. The van der Waals surface area contributed by atoms with E-state index in [4.69, 9.17) is 15.4 Å². The molecule has 0 unspecified atom stereocenters. The van der Waals surface area contributed by atoms with E-state index in [9.17, 15) is 13.2 Å². The number of halogens is 1. The topological polar surface area (TPSA) is 63.7 Å². The number of ether oxygens (including phenoxy) is 1. The van der Waals surface area contributed by atoms with Crippen molar-refractivity contribution in [1.29, 1.82) is 0 Å². The maximum Gasteiger partial charge on any atom is 0.324 e. The number of esters is 1. The lowest BCUT2D eigenvalue weighted by Crippen LogP contribution is -2.47. The molecule has 1 heterocycles. The monoisotopic (exact) mass is 477 g/mol. The second kappa shape index (κ2) is 12.4. The van der Waals surface area contributed by atoms with Crippen molar-refractivity contribution in [2.24, 2.45) is 0 Å². The van der Waals surface area contributed by atoms with Crippen molar-refractivity contribution < 1.29 is 17.9 Å². The van der Waals surface area contributed by atoms with Crippen LogP contribution in [0.1, 0.15) is 56.1 Å². The minimum Gasteiger partial charge on any atom is -0.461 e. The highest BCUT2D eigenvalue weighted by Gasteiger charge is 2.37. The third kappa shape index (κ3) is 7.91. The van der Waals surface area contributed by atoms with Gasteiger partial charge in [0.05, 0.1) is 0 Å². The SMILES string of the molecule is O=C(OC(CCCc1ccccc1)CCCc1ccccc1)[C@@H]1CCCCN1S(=O)(=O)Cl. The molecular weight excluding hydrogens is 446 g/mol. The Hall–Kier alpha value is -1.89. The van der Waals surface area contributed by atoms with Crippen molar-refractivity contribution in [3.05, 3.63) is 71.8 Å². The summed E-state index contributed by atoms with van der Waals surface area (Å²) in [7, 11) is 1.62. The zero-order valence-electron chi connectivity index (χ0n) is 18.4. The summed E-state index contributed by atoms with van der Waals surface area (Å²) in [5.74, 6) is -0.474. The molecule has 0 aromatic heterocycles. The molecule has 32 heavy (non-hydrogen) atoms. The molecule has 3 rings (SSSR count). The molecule has 0 aliphatic carbocycles. The Balaban J connectivity index is 1.59. The van der Waals surface area contributed by atoms with Crippen molar-refractivity contribution in [1.82, 2.24) is 4.31 Å². The number of carbonyl (C=O) groups excluding carboxylic acids is 1. The molecule has 5 nitrogen and oxygen atoms in total. The van der Waals surface area contributed by atoms with Gasteiger partial charge in [0, 0.05) is 17.2 Å². The van der Waals surface area contributed by atoms with Crippen LogP contribution in [0.15, 0.2) is 60.7 Å². The predicted octanol–water partition coefficient (Wildman–Crippen LogP) is 5.28. The number of nitrogens with zero attached hydrogens (tertiary/aromatic N) is 1. The zero-order valence-corrected chi connectivity index (χ0v) is 19.9. The van der Waals surface area contributed by atoms with Crippen LogP contribution in [0.4, 0.5) is 0 Å². The highest BCUT2D eigenvalue weighted by atomic mass is 35.7. The first kappa shape index (κ1) is 24.7. The van der Waals surface area contributed by atoms with E-state index in [1.54, 1.807) is 0 Å². The lowest BCUT2D eigenvalue weighted by atomic mass is 10.0. The van der Waals surface area contributed by atoms with Crippen LogP contribution >= 0.6 is 10.7 Å². The van der Waals surface area contributed by atoms with Gasteiger partial charge in [0.25, 0.3) is 0 Å². The van der Waals surface area contributed by atoms with Crippen molar-refractivity contribution >= 4 is 25.9 Å². The minimum atomic E-state index is -3.96. The number of rotatable bonds is 11.